The summed E-state index contributed by atoms with van der Waals surface area (Å²) in [5, 5.41) is 12.2. The van der Waals surface area contributed by atoms with Crippen molar-refractivity contribution >= 4 is 5.97 Å². The van der Waals surface area contributed by atoms with Crippen LogP contribution in [0.25, 0.3) is 0 Å². The molecule has 0 aromatic heterocycles. The van der Waals surface area contributed by atoms with Gasteiger partial charge in [-0.2, -0.15) is 0 Å². The Kier molecular flexibility index (Phi) is 3.50. The number of likely N-dealkylation sites (N-methyl/N-ethyl adjacent to an activating group) is 1. The first-order valence-corrected chi connectivity index (χ1v) is 5.15. The van der Waals surface area contributed by atoms with Crippen LogP contribution in [0.15, 0.2) is 0 Å². The molecular weight excluding hydrogens is 180 g/mol. The minimum absolute atomic E-state index is 0.527. The third kappa shape index (κ3) is 2.45. The van der Waals surface area contributed by atoms with Crippen LogP contribution in [0.3, 0.4) is 0 Å². The van der Waals surface area contributed by atoms with Gasteiger partial charge in [-0.05, 0) is 20.4 Å². The van der Waals surface area contributed by atoms with Crippen molar-refractivity contribution < 1.29 is 9.90 Å². The van der Waals surface area contributed by atoms with Crippen molar-refractivity contribution in [3.63, 3.8) is 0 Å². The second-order valence-corrected chi connectivity index (χ2v) is 4.56. The molecule has 0 atom stereocenters. The summed E-state index contributed by atoms with van der Waals surface area (Å²) in [6.45, 7) is 9.17. The number of carboxylic acids is 1. The molecule has 0 saturated carbocycles. The molecule has 0 amide bonds. The summed E-state index contributed by atoms with van der Waals surface area (Å²) in [6.07, 6.45) is 0. The van der Waals surface area contributed by atoms with Gasteiger partial charge in [0, 0.05) is 25.7 Å². The molecule has 0 aliphatic carbocycles. The predicted molar refractivity (Wildman–Crippen MR) is 55.3 cm³/mol. The highest BCUT2D eigenvalue weighted by Crippen LogP contribution is 2.19. The molecule has 0 radical (unpaired) electrons. The standard InChI is InChI=1S/C10H20N2O2/c1-4-12(8-5-11-6-8)7-10(2,3)9(13)14/h8,11H,4-7H2,1-3H3,(H,13,14). The molecule has 4 nitrogen and oxygen atoms in total. The Balaban J connectivity index is 2.50. The lowest BCUT2D eigenvalue weighted by Crippen LogP contribution is -2.59. The second kappa shape index (κ2) is 4.28. The van der Waals surface area contributed by atoms with Gasteiger partial charge in [-0.1, -0.05) is 6.92 Å². The maximum Gasteiger partial charge on any atom is 0.310 e. The molecule has 0 unspecified atom stereocenters. The fourth-order valence-corrected chi connectivity index (χ4v) is 1.61. The normalized spacial score (nSPS) is 18.3. The van der Waals surface area contributed by atoms with E-state index in [1.807, 2.05) is 0 Å². The molecular formula is C10H20N2O2. The van der Waals surface area contributed by atoms with E-state index in [0.717, 1.165) is 19.6 Å². The summed E-state index contributed by atoms with van der Waals surface area (Å²) < 4.78 is 0. The van der Waals surface area contributed by atoms with E-state index in [2.05, 4.69) is 17.1 Å². The van der Waals surface area contributed by atoms with Gasteiger partial charge in [0.2, 0.25) is 0 Å². The number of carboxylic acid groups (broad SMARTS) is 1. The van der Waals surface area contributed by atoms with Crippen LogP contribution in [0.4, 0.5) is 0 Å². The molecule has 82 valence electrons. The zero-order valence-corrected chi connectivity index (χ0v) is 9.21. The summed E-state index contributed by atoms with van der Waals surface area (Å²) in [4.78, 5) is 13.2. The smallest absolute Gasteiger partial charge is 0.310 e. The van der Waals surface area contributed by atoms with E-state index in [1.54, 1.807) is 13.8 Å². The SMILES string of the molecule is CCN(CC(C)(C)C(=O)O)C1CNC1. The largest absolute Gasteiger partial charge is 0.481 e. The van der Waals surface area contributed by atoms with Crippen molar-refractivity contribution in [2.24, 2.45) is 5.41 Å². The number of hydrogen-bond acceptors (Lipinski definition) is 3. The Bertz CT molecular complexity index is 212. The number of aliphatic carboxylic acids is 1. The van der Waals surface area contributed by atoms with Crippen molar-refractivity contribution in [1.82, 2.24) is 10.2 Å². The highest BCUT2D eigenvalue weighted by atomic mass is 16.4. The highest BCUT2D eigenvalue weighted by molar-refractivity contribution is 5.73. The van der Waals surface area contributed by atoms with Gasteiger partial charge in [0.1, 0.15) is 0 Å². The van der Waals surface area contributed by atoms with Crippen LogP contribution in [-0.4, -0.2) is 48.2 Å². The highest BCUT2D eigenvalue weighted by Gasteiger charge is 2.33. The quantitative estimate of drug-likeness (QED) is 0.674. The third-order valence-corrected chi connectivity index (χ3v) is 2.86. The Morgan fingerprint density at radius 1 is 1.57 bits per heavy atom. The van der Waals surface area contributed by atoms with E-state index >= 15 is 0 Å². The van der Waals surface area contributed by atoms with Gasteiger partial charge < -0.3 is 10.4 Å². The van der Waals surface area contributed by atoms with Gasteiger partial charge in [0.15, 0.2) is 0 Å². The van der Waals surface area contributed by atoms with Crippen molar-refractivity contribution in [2.75, 3.05) is 26.2 Å². The third-order valence-electron chi connectivity index (χ3n) is 2.86. The van der Waals surface area contributed by atoms with Gasteiger partial charge in [-0.3, -0.25) is 9.69 Å². The van der Waals surface area contributed by atoms with Gasteiger partial charge in [0.25, 0.3) is 0 Å². The fourth-order valence-electron chi connectivity index (χ4n) is 1.61. The van der Waals surface area contributed by atoms with E-state index in [4.69, 9.17) is 5.11 Å². The maximum absolute atomic E-state index is 11.0. The van der Waals surface area contributed by atoms with Crippen LogP contribution in [0.2, 0.25) is 0 Å². The lowest BCUT2D eigenvalue weighted by atomic mass is 9.92. The summed E-state index contributed by atoms with van der Waals surface area (Å²) in [5.41, 5.74) is -0.647. The maximum atomic E-state index is 11.0. The lowest BCUT2D eigenvalue weighted by molar-refractivity contribution is -0.148. The van der Waals surface area contributed by atoms with Crippen molar-refractivity contribution in [2.45, 2.75) is 26.8 Å². The predicted octanol–water partition coefficient (Wildman–Crippen LogP) is 0.391. The van der Waals surface area contributed by atoms with Crippen LogP contribution in [0, 0.1) is 5.41 Å². The molecule has 1 fully saturated rings. The number of rotatable bonds is 5. The molecule has 1 aliphatic heterocycles. The van der Waals surface area contributed by atoms with Gasteiger partial charge in [0.05, 0.1) is 5.41 Å². The minimum Gasteiger partial charge on any atom is -0.481 e. The van der Waals surface area contributed by atoms with E-state index < -0.39 is 11.4 Å². The van der Waals surface area contributed by atoms with Gasteiger partial charge in [-0.25, -0.2) is 0 Å². The molecule has 1 saturated heterocycles. The molecule has 4 heteroatoms. The molecule has 1 aliphatic rings. The van der Waals surface area contributed by atoms with Crippen LogP contribution in [0.5, 0.6) is 0 Å². The van der Waals surface area contributed by atoms with E-state index in [0.29, 0.717) is 12.6 Å². The summed E-state index contributed by atoms with van der Waals surface area (Å²) in [6, 6.07) is 0.527. The number of nitrogens with one attached hydrogen (secondary N) is 1. The lowest BCUT2D eigenvalue weighted by Gasteiger charge is -2.40. The Morgan fingerprint density at radius 2 is 2.14 bits per heavy atom. The molecule has 14 heavy (non-hydrogen) atoms. The molecule has 0 aromatic carbocycles. The first-order chi connectivity index (χ1) is 6.47. The van der Waals surface area contributed by atoms with E-state index in [1.165, 1.54) is 0 Å². The fraction of sp³-hybridized carbons (Fsp3) is 0.900. The molecule has 2 N–H and O–H groups in total. The molecule has 0 aromatic rings. The van der Waals surface area contributed by atoms with E-state index in [-0.39, 0.29) is 0 Å². The second-order valence-electron chi connectivity index (χ2n) is 4.56. The average Bonchev–Trinajstić information content (AvgIpc) is 1.99. The Morgan fingerprint density at radius 3 is 2.43 bits per heavy atom. The van der Waals surface area contributed by atoms with Crippen LogP contribution in [-0.2, 0) is 4.79 Å². The van der Waals surface area contributed by atoms with Crippen LogP contribution < -0.4 is 5.32 Å². The number of nitrogens with zero attached hydrogens (tertiary/aromatic N) is 1. The Labute approximate surface area is 85.3 Å². The van der Waals surface area contributed by atoms with Crippen LogP contribution in [0.1, 0.15) is 20.8 Å². The van der Waals surface area contributed by atoms with Crippen molar-refractivity contribution in [3.8, 4) is 0 Å². The van der Waals surface area contributed by atoms with Crippen molar-refractivity contribution in [1.29, 1.82) is 0 Å². The topological polar surface area (TPSA) is 52.6 Å². The average molecular weight is 200 g/mol. The number of carbonyl (C=O) groups is 1. The summed E-state index contributed by atoms with van der Waals surface area (Å²) in [5.74, 6) is -0.719. The molecule has 0 spiro atoms. The van der Waals surface area contributed by atoms with Crippen LogP contribution >= 0.6 is 0 Å². The molecule has 0 bridgehead atoms. The Hall–Kier alpha value is -0.610. The zero-order valence-electron chi connectivity index (χ0n) is 9.21. The van der Waals surface area contributed by atoms with Gasteiger partial charge in [-0.15, -0.1) is 0 Å². The minimum atomic E-state index is -0.719. The molecule has 1 heterocycles. The first-order valence-electron chi connectivity index (χ1n) is 5.15. The van der Waals surface area contributed by atoms with Crippen molar-refractivity contribution in [3.05, 3.63) is 0 Å². The molecule has 1 rings (SSSR count). The summed E-state index contributed by atoms with van der Waals surface area (Å²) in [7, 11) is 0. The zero-order chi connectivity index (χ0) is 10.8. The van der Waals surface area contributed by atoms with E-state index in [9.17, 15) is 4.79 Å². The van der Waals surface area contributed by atoms with Gasteiger partial charge >= 0.3 is 5.97 Å². The number of hydrogen-bond donors (Lipinski definition) is 2. The first kappa shape index (κ1) is 11.5. The monoisotopic (exact) mass is 200 g/mol. The summed E-state index contributed by atoms with van der Waals surface area (Å²) >= 11 is 0.